The van der Waals surface area contributed by atoms with Crippen molar-refractivity contribution in [2.75, 3.05) is 16.4 Å². The predicted molar refractivity (Wildman–Crippen MR) is 118 cm³/mol. The molecule has 8 nitrogen and oxygen atoms in total. The summed E-state index contributed by atoms with van der Waals surface area (Å²) in [5.41, 5.74) is 5.12. The Kier molecular flexibility index (Phi) is 6.73. The Balaban J connectivity index is 1.72. The minimum absolute atomic E-state index is 0.0883. The summed E-state index contributed by atoms with van der Waals surface area (Å²) in [5.74, 6) is -0.391. The van der Waals surface area contributed by atoms with E-state index in [9.17, 15) is 9.59 Å². The van der Waals surface area contributed by atoms with Gasteiger partial charge in [0.2, 0.25) is 17.0 Å². The van der Waals surface area contributed by atoms with Crippen molar-refractivity contribution in [3.05, 3.63) is 52.0 Å². The van der Waals surface area contributed by atoms with Crippen molar-refractivity contribution >= 4 is 46.6 Å². The molecule has 0 radical (unpaired) electrons. The lowest BCUT2D eigenvalue weighted by Crippen LogP contribution is -2.15. The summed E-state index contributed by atoms with van der Waals surface area (Å²) in [6.45, 7) is 7.45. The van der Waals surface area contributed by atoms with Crippen LogP contribution < -0.4 is 10.6 Å². The first-order valence-corrected chi connectivity index (χ1v) is 10.5. The first-order chi connectivity index (χ1) is 14.2. The summed E-state index contributed by atoms with van der Waals surface area (Å²) >= 11 is 7.38. The summed E-state index contributed by atoms with van der Waals surface area (Å²) < 4.78 is 1.65. The van der Waals surface area contributed by atoms with Gasteiger partial charge >= 0.3 is 0 Å². The average Bonchev–Trinajstić information content (AvgIpc) is 3.09. The number of hydrogen-bond acceptors (Lipinski definition) is 6. The molecule has 0 fully saturated rings. The summed E-state index contributed by atoms with van der Waals surface area (Å²) in [6.07, 6.45) is 0. The van der Waals surface area contributed by atoms with Gasteiger partial charge in [0.15, 0.2) is 0 Å². The van der Waals surface area contributed by atoms with E-state index in [-0.39, 0.29) is 17.6 Å². The number of rotatable bonds is 6. The minimum Gasteiger partial charge on any atom is -0.326 e. The van der Waals surface area contributed by atoms with E-state index in [0.717, 1.165) is 22.4 Å². The summed E-state index contributed by atoms with van der Waals surface area (Å²) in [4.78, 5) is 23.7. The molecule has 0 unspecified atom stereocenters. The van der Waals surface area contributed by atoms with Crippen LogP contribution in [0, 0.1) is 20.8 Å². The topological polar surface area (TPSA) is 102 Å². The van der Waals surface area contributed by atoms with Gasteiger partial charge in [0.05, 0.1) is 22.2 Å². The van der Waals surface area contributed by atoms with Gasteiger partial charge < -0.3 is 10.6 Å². The van der Waals surface area contributed by atoms with E-state index < -0.39 is 0 Å². The van der Waals surface area contributed by atoms with Crippen LogP contribution in [0.15, 0.2) is 35.5 Å². The number of thioether (sulfide) groups is 1. The molecule has 1 aromatic heterocycles. The summed E-state index contributed by atoms with van der Waals surface area (Å²) in [5, 5.41) is 18.2. The minimum atomic E-state index is -0.270. The van der Waals surface area contributed by atoms with Crippen molar-refractivity contribution in [3.8, 4) is 5.69 Å². The van der Waals surface area contributed by atoms with E-state index in [1.807, 2.05) is 20.8 Å². The molecule has 0 saturated carbocycles. The number of nitrogens with one attached hydrogen (secondary N) is 2. The molecule has 0 saturated heterocycles. The molecule has 0 atom stereocenters. The molecule has 0 aliphatic rings. The molecule has 1 heterocycles. The molecule has 2 aromatic carbocycles. The number of amides is 2. The van der Waals surface area contributed by atoms with Gasteiger partial charge in [-0.05, 0) is 60.5 Å². The zero-order valence-electron chi connectivity index (χ0n) is 17.0. The maximum absolute atomic E-state index is 12.5. The number of aromatic nitrogens is 4. The molecule has 3 rings (SSSR count). The third-order valence-corrected chi connectivity index (χ3v) is 5.43. The second-order valence-electron chi connectivity index (χ2n) is 6.83. The number of halogens is 1. The van der Waals surface area contributed by atoms with Crippen LogP contribution >= 0.6 is 23.4 Å². The van der Waals surface area contributed by atoms with Gasteiger partial charge in [0.25, 0.3) is 0 Å². The van der Waals surface area contributed by atoms with Crippen LogP contribution in [0.2, 0.25) is 5.02 Å². The van der Waals surface area contributed by atoms with Gasteiger partial charge in [-0.3, -0.25) is 9.59 Å². The second kappa shape index (κ2) is 9.27. The number of hydrogen-bond donors (Lipinski definition) is 2. The summed E-state index contributed by atoms with van der Waals surface area (Å²) in [7, 11) is 0. The Labute approximate surface area is 183 Å². The van der Waals surface area contributed by atoms with Gasteiger partial charge in [-0.1, -0.05) is 41.1 Å². The Bertz CT molecular complexity index is 1090. The van der Waals surface area contributed by atoms with E-state index >= 15 is 0 Å². The number of carbonyl (C=O) groups excluding carboxylic acids is 2. The SMILES string of the molecule is CC(=O)Nc1ccc(Cl)c(NC(=O)CSc2nnnn2-c2c(C)cc(C)cc2C)c1. The highest BCUT2D eigenvalue weighted by Crippen LogP contribution is 2.27. The first kappa shape index (κ1) is 21.8. The lowest BCUT2D eigenvalue weighted by atomic mass is 10.1. The largest absolute Gasteiger partial charge is 0.326 e. The fourth-order valence-electron chi connectivity index (χ4n) is 3.13. The molecule has 0 spiro atoms. The van der Waals surface area contributed by atoms with Gasteiger partial charge in [0.1, 0.15) is 0 Å². The van der Waals surface area contributed by atoms with Gasteiger partial charge in [-0.25, -0.2) is 0 Å². The highest BCUT2D eigenvalue weighted by molar-refractivity contribution is 7.99. The number of carbonyl (C=O) groups is 2. The predicted octanol–water partition coefficient (Wildman–Crippen LogP) is 3.93. The number of aryl methyl sites for hydroxylation is 3. The van der Waals surface area contributed by atoms with E-state index in [1.165, 1.54) is 18.7 Å². The van der Waals surface area contributed by atoms with Crippen LogP contribution in [0.4, 0.5) is 11.4 Å². The monoisotopic (exact) mass is 444 g/mol. The third kappa shape index (κ3) is 5.17. The molecule has 2 amide bonds. The standard InChI is InChI=1S/C20H21ClN6O2S/c1-11-7-12(2)19(13(3)8-11)27-20(24-25-26-27)30-10-18(29)23-17-9-15(22-14(4)28)5-6-16(17)21/h5-9H,10H2,1-4H3,(H,22,28)(H,23,29). The van der Waals surface area contributed by atoms with Gasteiger partial charge in [0, 0.05) is 12.6 Å². The molecule has 30 heavy (non-hydrogen) atoms. The average molecular weight is 445 g/mol. The van der Waals surface area contributed by atoms with E-state index in [0.29, 0.717) is 21.6 Å². The molecule has 0 aliphatic heterocycles. The Hall–Kier alpha value is -2.91. The maximum Gasteiger partial charge on any atom is 0.234 e. The second-order valence-corrected chi connectivity index (χ2v) is 8.18. The zero-order chi connectivity index (χ0) is 21.8. The van der Waals surface area contributed by atoms with E-state index in [2.05, 4.69) is 38.3 Å². The molecule has 156 valence electrons. The number of anilines is 2. The van der Waals surface area contributed by atoms with Crippen LogP contribution in [-0.2, 0) is 9.59 Å². The lowest BCUT2D eigenvalue weighted by Gasteiger charge is -2.12. The maximum atomic E-state index is 12.5. The molecule has 0 aliphatic carbocycles. The molecular weight excluding hydrogens is 424 g/mol. The quantitative estimate of drug-likeness (QED) is 0.558. The van der Waals surface area contributed by atoms with E-state index in [1.54, 1.807) is 22.9 Å². The first-order valence-electron chi connectivity index (χ1n) is 9.11. The lowest BCUT2D eigenvalue weighted by molar-refractivity contribution is -0.114. The highest BCUT2D eigenvalue weighted by atomic mass is 35.5. The van der Waals surface area contributed by atoms with Gasteiger partial charge in [-0.15, -0.1) is 5.10 Å². The molecule has 2 N–H and O–H groups in total. The Morgan fingerprint density at radius 3 is 2.47 bits per heavy atom. The molecular formula is C20H21ClN6O2S. The van der Waals surface area contributed by atoms with Crippen LogP contribution in [0.5, 0.6) is 0 Å². The third-order valence-electron chi connectivity index (χ3n) is 4.18. The number of tetrazole rings is 1. The van der Waals surface area contributed by atoms with Crippen molar-refractivity contribution in [1.82, 2.24) is 20.2 Å². The molecule has 0 bridgehead atoms. The molecule has 10 heteroatoms. The van der Waals surface area contributed by atoms with Crippen molar-refractivity contribution in [1.29, 1.82) is 0 Å². The molecule has 3 aromatic rings. The smallest absolute Gasteiger partial charge is 0.234 e. The number of nitrogens with zero attached hydrogens (tertiary/aromatic N) is 4. The van der Waals surface area contributed by atoms with E-state index in [4.69, 9.17) is 11.6 Å². The fraction of sp³-hybridized carbons (Fsp3) is 0.250. The van der Waals surface area contributed by atoms with Crippen molar-refractivity contribution in [3.63, 3.8) is 0 Å². The van der Waals surface area contributed by atoms with Crippen LogP contribution in [0.1, 0.15) is 23.6 Å². The van der Waals surface area contributed by atoms with Crippen LogP contribution in [-0.4, -0.2) is 37.8 Å². The Morgan fingerprint density at radius 2 is 1.80 bits per heavy atom. The normalized spacial score (nSPS) is 10.7. The van der Waals surface area contributed by atoms with Crippen molar-refractivity contribution in [2.24, 2.45) is 0 Å². The fourth-order valence-corrected chi connectivity index (χ4v) is 3.98. The summed E-state index contributed by atoms with van der Waals surface area (Å²) in [6, 6.07) is 9.01. The van der Waals surface area contributed by atoms with Crippen LogP contribution in [0.25, 0.3) is 5.69 Å². The highest BCUT2D eigenvalue weighted by Gasteiger charge is 2.16. The van der Waals surface area contributed by atoms with Gasteiger partial charge in [-0.2, -0.15) is 4.68 Å². The Morgan fingerprint density at radius 1 is 1.10 bits per heavy atom. The van der Waals surface area contributed by atoms with Crippen molar-refractivity contribution < 1.29 is 9.59 Å². The van der Waals surface area contributed by atoms with Crippen LogP contribution in [0.3, 0.4) is 0 Å². The zero-order valence-corrected chi connectivity index (χ0v) is 18.6. The number of benzene rings is 2. The van der Waals surface area contributed by atoms with Crippen molar-refractivity contribution in [2.45, 2.75) is 32.9 Å².